The summed E-state index contributed by atoms with van der Waals surface area (Å²) in [6.45, 7) is 2.30. The SMILES string of the molecule is CC1CC[C@@H]2C[C@H](c3cc(F)c(-c4ccc(OC(F)(F)F)cc4)c(F)c3)CC[C@@H]2C1. The molecule has 0 spiro atoms. The number of hydrogen-bond acceptors (Lipinski definition) is 1. The molecule has 0 heterocycles. The average molecular weight is 424 g/mol. The molecule has 4 rings (SSSR count). The Morgan fingerprint density at radius 1 is 0.833 bits per heavy atom. The van der Waals surface area contributed by atoms with E-state index >= 15 is 0 Å². The van der Waals surface area contributed by atoms with Gasteiger partial charge in [-0.2, -0.15) is 0 Å². The zero-order valence-electron chi connectivity index (χ0n) is 16.8. The van der Waals surface area contributed by atoms with Crippen LogP contribution in [-0.4, -0.2) is 6.36 Å². The molecule has 0 saturated heterocycles. The third kappa shape index (κ3) is 4.62. The summed E-state index contributed by atoms with van der Waals surface area (Å²) < 4.78 is 70.4. The number of rotatable bonds is 3. The molecular formula is C24H25F5O. The minimum absolute atomic E-state index is 0.153. The minimum atomic E-state index is -4.81. The second-order valence-electron chi connectivity index (χ2n) is 8.88. The van der Waals surface area contributed by atoms with Gasteiger partial charge in [0.2, 0.25) is 0 Å². The van der Waals surface area contributed by atoms with Crippen LogP contribution in [0.2, 0.25) is 0 Å². The van der Waals surface area contributed by atoms with Crippen LogP contribution in [-0.2, 0) is 0 Å². The first kappa shape index (κ1) is 21.1. The normalized spacial score (nSPS) is 26.9. The van der Waals surface area contributed by atoms with Crippen molar-refractivity contribution in [1.82, 2.24) is 0 Å². The van der Waals surface area contributed by atoms with Crippen molar-refractivity contribution < 1.29 is 26.7 Å². The third-order valence-electron chi connectivity index (χ3n) is 6.79. The van der Waals surface area contributed by atoms with Gasteiger partial charge >= 0.3 is 6.36 Å². The Kier molecular flexibility index (Phi) is 5.78. The highest BCUT2D eigenvalue weighted by atomic mass is 19.4. The Morgan fingerprint density at radius 2 is 1.43 bits per heavy atom. The van der Waals surface area contributed by atoms with Gasteiger partial charge in [0.05, 0.1) is 5.56 Å². The highest BCUT2D eigenvalue weighted by Gasteiger charge is 2.35. The van der Waals surface area contributed by atoms with Gasteiger partial charge in [0.15, 0.2) is 0 Å². The lowest BCUT2D eigenvalue weighted by Crippen LogP contribution is -2.29. The Balaban J connectivity index is 1.53. The number of fused-ring (bicyclic) bond motifs is 1. The van der Waals surface area contributed by atoms with Gasteiger partial charge in [-0.05, 0) is 91.2 Å². The summed E-state index contributed by atoms with van der Waals surface area (Å²) in [6.07, 6.45) is 1.88. The molecule has 1 unspecified atom stereocenters. The van der Waals surface area contributed by atoms with Crippen LogP contribution in [0.25, 0.3) is 11.1 Å². The van der Waals surface area contributed by atoms with Gasteiger partial charge in [-0.15, -0.1) is 13.2 Å². The Hall–Kier alpha value is -2.11. The Labute approximate surface area is 173 Å². The molecule has 6 heteroatoms. The summed E-state index contributed by atoms with van der Waals surface area (Å²) in [4.78, 5) is 0. The predicted octanol–water partition coefficient (Wildman–Crippen LogP) is 7.85. The van der Waals surface area contributed by atoms with E-state index in [0.29, 0.717) is 11.5 Å². The molecular weight excluding hydrogens is 399 g/mol. The first-order chi connectivity index (χ1) is 14.2. The van der Waals surface area contributed by atoms with E-state index in [9.17, 15) is 22.0 Å². The summed E-state index contributed by atoms with van der Waals surface area (Å²) in [5, 5.41) is 0. The van der Waals surface area contributed by atoms with Crippen LogP contribution in [0.5, 0.6) is 5.75 Å². The van der Waals surface area contributed by atoms with Gasteiger partial charge in [0, 0.05) is 0 Å². The highest BCUT2D eigenvalue weighted by Crippen LogP contribution is 2.48. The summed E-state index contributed by atoms with van der Waals surface area (Å²) in [7, 11) is 0. The molecule has 0 radical (unpaired) electrons. The van der Waals surface area contributed by atoms with Crippen LogP contribution in [0.4, 0.5) is 22.0 Å². The van der Waals surface area contributed by atoms with E-state index in [1.807, 2.05) is 0 Å². The maximum atomic E-state index is 14.9. The minimum Gasteiger partial charge on any atom is -0.406 e. The average Bonchev–Trinajstić information content (AvgIpc) is 2.67. The topological polar surface area (TPSA) is 9.23 Å². The van der Waals surface area contributed by atoms with Crippen molar-refractivity contribution in [2.24, 2.45) is 17.8 Å². The maximum absolute atomic E-state index is 14.9. The summed E-state index contributed by atoms with van der Waals surface area (Å²) >= 11 is 0. The van der Waals surface area contributed by atoms with Crippen LogP contribution in [0.15, 0.2) is 36.4 Å². The molecule has 2 aliphatic rings. The largest absolute Gasteiger partial charge is 0.573 e. The van der Waals surface area contributed by atoms with Gasteiger partial charge < -0.3 is 4.74 Å². The third-order valence-corrected chi connectivity index (χ3v) is 6.79. The lowest BCUT2D eigenvalue weighted by Gasteiger charge is -2.41. The molecule has 2 fully saturated rings. The summed E-state index contributed by atoms with van der Waals surface area (Å²) in [6, 6.07) is 7.37. The van der Waals surface area contributed by atoms with Crippen molar-refractivity contribution in [2.75, 3.05) is 0 Å². The van der Waals surface area contributed by atoms with Crippen LogP contribution in [0, 0.1) is 29.4 Å². The van der Waals surface area contributed by atoms with Crippen molar-refractivity contribution in [3.63, 3.8) is 0 Å². The van der Waals surface area contributed by atoms with Crippen LogP contribution in [0.3, 0.4) is 0 Å². The van der Waals surface area contributed by atoms with Gasteiger partial charge in [0.25, 0.3) is 0 Å². The number of halogens is 5. The van der Waals surface area contributed by atoms with Crippen molar-refractivity contribution in [2.45, 2.75) is 57.7 Å². The lowest BCUT2D eigenvalue weighted by molar-refractivity contribution is -0.274. The monoisotopic (exact) mass is 424 g/mol. The number of hydrogen-bond donors (Lipinski definition) is 0. The molecule has 2 aliphatic carbocycles. The van der Waals surface area contributed by atoms with E-state index in [2.05, 4.69) is 11.7 Å². The molecule has 30 heavy (non-hydrogen) atoms. The smallest absolute Gasteiger partial charge is 0.406 e. The van der Waals surface area contributed by atoms with E-state index in [-0.39, 0.29) is 17.0 Å². The first-order valence-electron chi connectivity index (χ1n) is 10.5. The fourth-order valence-electron chi connectivity index (χ4n) is 5.35. The molecule has 0 aromatic heterocycles. The summed E-state index contributed by atoms with van der Waals surface area (Å²) in [5.74, 6) is 0.485. The van der Waals surface area contributed by atoms with E-state index in [0.717, 1.165) is 43.2 Å². The maximum Gasteiger partial charge on any atom is 0.573 e. The molecule has 2 saturated carbocycles. The van der Waals surface area contributed by atoms with Gasteiger partial charge in [-0.3, -0.25) is 0 Å². The van der Waals surface area contributed by atoms with Crippen LogP contribution < -0.4 is 4.74 Å². The quantitative estimate of drug-likeness (QED) is 0.456. The summed E-state index contributed by atoms with van der Waals surface area (Å²) in [5.41, 5.74) is 0.636. The number of benzene rings is 2. The second kappa shape index (κ2) is 8.20. The van der Waals surface area contributed by atoms with Crippen molar-refractivity contribution in [3.05, 3.63) is 53.6 Å². The fourth-order valence-corrected chi connectivity index (χ4v) is 5.35. The molecule has 2 aromatic rings. The zero-order chi connectivity index (χ0) is 21.5. The van der Waals surface area contributed by atoms with Crippen molar-refractivity contribution in [3.8, 4) is 16.9 Å². The second-order valence-corrected chi connectivity index (χ2v) is 8.88. The molecule has 2 aromatic carbocycles. The highest BCUT2D eigenvalue weighted by molar-refractivity contribution is 5.66. The van der Waals surface area contributed by atoms with Gasteiger partial charge in [-0.25, -0.2) is 8.78 Å². The molecule has 0 amide bonds. The predicted molar refractivity (Wildman–Crippen MR) is 105 cm³/mol. The Bertz CT molecular complexity index is 866. The van der Waals surface area contributed by atoms with Crippen LogP contribution in [0.1, 0.15) is 56.9 Å². The molecule has 0 N–H and O–H groups in total. The van der Waals surface area contributed by atoms with E-state index in [4.69, 9.17) is 0 Å². The van der Waals surface area contributed by atoms with E-state index < -0.39 is 23.7 Å². The zero-order valence-corrected chi connectivity index (χ0v) is 16.8. The van der Waals surface area contributed by atoms with E-state index in [1.165, 1.54) is 43.5 Å². The lowest BCUT2D eigenvalue weighted by atomic mass is 9.64. The first-order valence-corrected chi connectivity index (χ1v) is 10.5. The van der Waals surface area contributed by atoms with Crippen LogP contribution >= 0.6 is 0 Å². The number of alkyl halides is 3. The molecule has 1 nitrogen and oxygen atoms in total. The van der Waals surface area contributed by atoms with E-state index in [1.54, 1.807) is 0 Å². The molecule has 162 valence electrons. The number of ether oxygens (including phenoxy) is 1. The standard InChI is InChI=1S/C24H25F5O/c1-14-2-3-17-11-18(5-4-16(17)10-14)19-12-21(25)23(22(26)13-19)15-6-8-20(9-7-15)30-24(27,28)29/h6-9,12-14,16-18H,2-5,10-11H2,1H3/t14?,16-,17-,18-/m1/s1. The van der Waals surface area contributed by atoms with Crippen molar-refractivity contribution in [1.29, 1.82) is 0 Å². The molecule has 0 aliphatic heterocycles. The molecule has 4 atom stereocenters. The van der Waals surface area contributed by atoms with Crippen molar-refractivity contribution >= 4 is 0 Å². The Morgan fingerprint density at radius 3 is 2.07 bits per heavy atom. The molecule has 0 bridgehead atoms. The van der Waals surface area contributed by atoms with Gasteiger partial charge in [0.1, 0.15) is 17.4 Å². The fraction of sp³-hybridized carbons (Fsp3) is 0.500. The van der Waals surface area contributed by atoms with Gasteiger partial charge in [-0.1, -0.05) is 25.5 Å².